The zero-order chi connectivity index (χ0) is 14.5. The van der Waals surface area contributed by atoms with Crippen LogP contribution in [-0.4, -0.2) is 34.7 Å². The summed E-state index contributed by atoms with van der Waals surface area (Å²) >= 11 is 0. The van der Waals surface area contributed by atoms with E-state index in [-0.39, 0.29) is 11.6 Å². The van der Waals surface area contributed by atoms with Gasteiger partial charge >= 0.3 is 0 Å². The number of hydrogen-bond acceptors (Lipinski definition) is 4. The van der Waals surface area contributed by atoms with E-state index in [1.165, 1.54) is 19.3 Å². The molecule has 0 aromatic carbocycles. The number of aromatic nitrogens is 2. The standard InChI is InChI=1S/C15H26N4O/c1-4-18-10-9-17-14(15(18)20)19(12(2)3)11-13-7-5-6-8-16-13/h9-10,12-13,16H,4-8,11H2,1-3H3. The first-order valence-electron chi connectivity index (χ1n) is 7.69. The zero-order valence-corrected chi connectivity index (χ0v) is 12.8. The van der Waals surface area contributed by atoms with E-state index in [1.54, 1.807) is 17.0 Å². The molecule has 5 heteroatoms. The summed E-state index contributed by atoms with van der Waals surface area (Å²) in [6.07, 6.45) is 7.18. The topological polar surface area (TPSA) is 50.2 Å². The third-order valence-electron chi connectivity index (χ3n) is 3.96. The summed E-state index contributed by atoms with van der Waals surface area (Å²) in [6.45, 7) is 8.83. The fraction of sp³-hybridized carbons (Fsp3) is 0.733. The van der Waals surface area contributed by atoms with E-state index in [9.17, 15) is 4.79 Å². The van der Waals surface area contributed by atoms with E-state index in [0.717, 1.165) is 13.1 Å². The molecule has 5 nitrogen and oxygen atoms in total. The predicted molar refractivity (Wildman–Crippen MR) is 82.3 cm³/mol. The van der Waals surface area contributed by atoms with Crippen LogP contribution in [0, 0.1) is 0 Å². The van der Waals surface area contributed by atoms with Crippen LogP contribution in [-0.2, 0) is 6.54 Å². The molecular formula is C15H26N4O. The van der Waals surface area contributed by atoms with Crippen molar-refractivity contribution in [1.29, 1.82) is 0 Å². The van der Waals surface area contributed by atoms with Gasteiger partial charge in [0.2, 0.25) is 0 Å². The largest absolute Gasteiger partial charge is 0.348 e. The molecule has 112 valence electrons. The number of hydrogen-bond donors (Lipinski definition) is 1. The lowest BCUT2D eigenvalue weighted by molar-refractivity contribution is 0.392. The molecule has 1 aliphatic heterocycles. The summed E-state index contributed by atoms with van der Waals surface area (Å²) in [4.78, 5) is 18.9. The van der Waals surface area contributed by atoms with Crippen molar-refractivity contribution in [1.82, 2.24) is 14.9 Å². The molecule has 2 heterocycles. The average molecular weight is 278 g/mol. The molecule has 0 amide bonds. The molecule has 1 fully saturated rings. The normalized spacial score (nSPS) is 19.3. The number of aryl methyl sites for hydroxylation is 1. The van der Waals surface area contributed by atoms with E-state index >= 15 is 0 Å². The van der Waals surface area contributed by atoms with Crippen LogP contribution in [0.25, 0.3) is 0 Å². The van der Waals surface area contributed by atoms with Gasteiger partial charge in [0.15, 0.2) is 5.82 Å². The second kappa shape index (κ2) is 6.88. The molecular weight excluding hydrogens is 252 g/mol. The molecule has 0 aliphatic carbocycles. The third kappa shape index (κ3) is 3.39. The van der Waals surface area contributed by atoms with E-state index in [2.05, 4.69) is 29.0 Å². The monoisotopic (exact) mass is 278 g/mol. The fourth-order valence-corrected chi connectivity index (χ4v) is 2.74. The number of piperidine rings is 1. The first-order valence-corrected chi connectivity index (χ1v) is 7.69. The molecule has 1 N–H and O–H groups in total. The highest BCUT2D eigenvalue weighted by atomic mass is 16.1. The van der Waals surface area contributed by atoms with Crippen LogP contribution in [0.3, 0.4) is 0 Å². The van der Waals surface area contributed by atoms with Gasteiger partial charge in [-0.05, 0) is 40.2 Å². The Bertz CT molecular complexity index is 477. The van der Waals surface area contributed by atoms with Crippen LogP contribution in [0.4, 0.5) is 5.82 Å². The van der Waals surface area contributed by atoms with Gasteiger partial charge < -0.3 is 14.8 Å². The first kappa shape index (κ1) is 15.0. The Kier molecular flexibility index (Phi) is 5.17. The molecule has 1 aromatic heterocycles. The highest BCUT2D eigenvalue weighted by Crippen LogP contribution is 2.14. The lowest BCUT2D eigenvalue weighted by atomic mass is 10.0. The molecule has 1 atom stereocenters. The Morgan fingerprint density at radius 1 is 1.50 bits per heavy atom. The van der Waals surface area contributed by atoms with Crippen molar-refractivity contribution in [2.24, 2.45) is 0 Å². The summed E-state index contributed by atoms with van der Waals surface area (Å²) in [5.41, 5.74) is 0.0134. The lowest BCUT2D eigenvalue weighted by Crippen LogP contribution is -2.48. The van der Waals surface area contributed by atoms with Crippen LogP contribution in [0.1, 0.15) is 40.0 Å². The summed E-state index contributed by atoms with van der Waals surface area (Å²) < 4.78 is 1.71. The molecule has 20 heavy (non-hydrogen) atoms. The van der Waals surface area contributed by atoms with Crippen molar-refractivity contribution in [3.63, 3.8) is 0 Å². The third-order valence-corrected chi connectivity index (χ3v) is 3.96. The van der Waals surface area contributed by atoms with Crippen molar-refractivity contribution in [3.05, 3.63) is 22.7 Å². The smallest absolute Gasteiger partial charge is 0.293 e. The van der Waals surface area contributed by atoms with E-state index in [4.69, 9.17) is 0 Å². The highest BCUT2D eigenvalue weighted by molar-refractivity contribution is 5.37. The van der Waals surface area contributed by atoms with E-state index < -0.39 is 0 Å². The van der Waals surface area contributed by atoms with Gasteiger partial charge in [0.25, 0.3) is 5.56 Å². The summed E-state index contributed by atoms with van der Waals surface area (Å²) in [6, 6.07) is 0.731. The van der Waals surface area contributed by atoms with E-state index in [0.29, 0.717) is 18.4 Å². The van der Waals surface area contributed by atoms with Crippen LogP contribution >= 0.6 is 0 Å². The van der Waals surface area contributed by atoms with E-state index in [1.807, 2.05) is 6.92 Å². The van der Waals surface area contributed by atoms with Crippen molar-refractivity contribution in [2.75, 3.05) is 18.0 Å². The van der Waals surface area contributed by atoms with Crippen molar-refractivity contribution in [3.8, 4) is 0 Å². The fourth-order valence-electron chi connectivity index (χ4n) is 2.74. The lowest BCUT2D eigenvalue weighted by Gasteiger charge is -2.33. The van der Waals surface area contributed by atoms with Gasteiger partial charge in [-0.2, -0.15) is 0 Å². The summed E-state index contributed by atoms with van der Waals surface area (Å²) in [5.74, 6) is 0.580. The highest BCUT2D eigenvalue weighted by Gasteiger charge is 2.22. The maximum Gasteiger partial charge on any atom is 0.293 e. The van der Waals surface area contributed by atoms with Crippen molar-refractivity contribution < 1.29 is 0 Å². The zero-order valence-electron chi connectivity index (χ0n) is 12.8. The second-order valence-corrected chi connectivity index (χ2v) is 5.73. The molecule has 0 spiro atoms. The van der Waals surface area contributed by atoms with Gasteiger partial charge in [0.05, 0.1) is 0 Å². The Hall–Kier alpha value is -1.36. The van der Waals surface area contributed by atoms with Crippen molar-refractivity contribution >= 4 is 5.82 Å². The quantitative estimate of drug-likeness (QED) is 0.889. The molecule has 2 rings (SSSR count). The molecule has 0 saturated carbocycles. The van der Waals surface area contributed by atoms with Crippen molar-refractivity contribution in [2.45, 2.75) is 58.7 Å². The Morgan fingerprint density at radius 3 is 2.90 bits per heavy atom. The SMILES string of the molecule is CCn1ccnc(N(CC2CCCCN2)C(C)C)c1=O. The van der Waals surface area contributed by atoms with Crippen LogP contribution in [0.15, 0.2) is 17.2 Å². The maximum absolute atomic E-state index is 12.4. The number of rotatable bonds is 5. The molecule has 0 bridgehead atoms. The van der Waals surface area contributed by atoms with Gasteiger partial charge in [0.1, 0.15) is 0 Å². The molecule has 1 aromatic rings. The molecule has 0 radical (unpaired) electrons. The molecule has 1 saturated heterocycles. The number of nitrogens with one attached hydrogen (secondary N) is 1. The van der Waals surface area contributed by atoms with Crippen LogP contribution < -0.4 is 15.8 Å². The predicted octanol–water partition coefficient (Wildman–Crippen LogP) is 1.62. The maximum atomic E-state index is 12.4. The first-order chi connectivity index (χ1) is 9.63. The number of nitrogens with zero attached hydrogens (tertiary/aromatic N) is 3. The summed E-state index contributed by atoms with van der Waals surface area (Å²) in [7, 11) is 0. The average Bonchev–Trinajstić information content (AvgIpc) is 2.46. The van der Waals surface area contributed by atoms with Gasteiger partial charge in [-0.15, -0.1) is 0 Å². The number of anilines is 1. The Morgan fingerprint density at radius 2 is 2.30 bits per heavy atom. The van der Waals surface area contributed by atoms with Crippen LogP contribution in [0.5, 0.6) is 0 Å². The van der Waals surface area contributed by atoms with Gasteiger partial charge in [-0.1, -0.05) is 6.42 Å². The summed E-state index contributed by atoms with van der Waals surface area (Å²) in [5, 5.41) is 3.54. The Labute approximate surface area is 121 Å². The van der Waals surface area contributed by atoms with Gasteiger partial charge in [-0.25, -0.2) is 4.98 Å². The Balaban J connectivity index is 2.22. The second-order valence-electron chi connectivity index (χ2n) is 5.73. The van der Waals surface area contributed by atoms with Gasteiger partial charge in [-0.3, -0.25) is 4.79 Å². The molecule has 1 unspecified atom stereocenters. The molecule has 1 aliphatic rings. The minimum atomic E-state index is 0.0134. The van der Waals surface area contributed by atoms with Gasteiger partial charge in [0, 0.05) is 37.6 Å². The minimum absolute atomic E-state index is 0.0134. The van der Waals surface area contributed by atoms with Crippen LogP contribution in [0.2, 0.25) is 0 Å². The minimum Gasteiger partial charge on any atom is -0.348 e.